The molecule has 0 radical (unpaired) electrons. The van der Waals surface area contributed by atoms with Gasteiger partial charge in [0.1, 0.15) is 0 Å². The molecule has 0 heterocycles. The molecule has 0 saturated heterocycles. The minimum Gasteiger partial charge on any atom is -0.358 e. The summed E-state index contributed by atoms with van der Waals surface area (Å²) in [4.78, 5) is 0. The SMILES string of the molecule is CC1=[C-]C(C)(C)C(C)=C1C.[CH3-].[CH3-].[Hf]. The van der Waals surface area contributed by atoms with E-state index in [0.717, 1.165) is 0 Å². The van der Waals surface area contributed by atoms with Crippen LogP contribution in [0.25, 0.3) is 0 Å². The van der Waals surface area contributed by atoms with Gasteiger partial charge in [0.25, 0.3) is 0 Å². The van der Waals surface area contributed by atoms with Gasteiger partial charge in [-0.05, 0) is 0 Å². The van der Waals surface area contributed by atoms with E-state index in [4.69, 9.17) is 0 Å². The van der Waals surface area contributed by atoms with Crippen molar-refractivity contribution in [2.24, 2.45) is 5.41 Å². The molecule has 0 unspecified atom stereocenters. The molecule has 1 rings (SSSR count). The fourth-order valence-electron chi connectivity index (χ4n) is 1.41. The molecule has 1 heteroatoms. The van der Waals surface area contributed by atoms with Gasteiger partial charge in [-0.3, -0.25) is 6.08 Å². The zero-order valence-corrected chi connectivity index (χ0v) is 13.6. The van der Waals surface area contributed by atoms with Gasteiger partial charge in [0, 0.05) is 25.8 Å². The van der Waals surface area contributed by atoms with E-state index >= 15 is 0 Å². The smallest absolute Gasteiger partial charge is 0 e. The first-order chi connectivity index (χ1) is 4.45. The minimum atomic E-state index is 0. The average Bonchev–Trinajstić information content (AvgIpc) is 1.95. The minimum absolute atomic E-state index is 0. The van der Waals surface area contributed by atoms with Crippen molar-refractivity contribution in [3.05, 3.63) is 37.6 Å². The Hall–Kier alpha value is 0.350. The van der Waals surface area contributed by atoms with Gasteiger partial charge in [0.05, 0.1) is 0 Å². The Balaban J connectivity index is -0.000000333. The van der Waals surface area contributed by atoms with Crippen LogP contribution in [0, 0.1) is 26.3 Å². The van der Waals surface area contributed by atoms with Crippen LogP contribution in [0.15, 0.2) is 16.7 Å². The quantitative estimate of drug-likeness (QED) is 0.460. The van der Waals surface area contributed by atoms with Crippen LogP contribution in [0.2, 0.25) is 0 Å². The van der Waals surface area contributed by atoms with Gasteiger partial charge in [-0.2, -0.15) is 11.1 Å². The summed E-state index contributed by atoms with van der Waals surface area (Å²) in [5, 5.41) is 0. The van der Waals surface area contributed by atoms with Crippen LogP contribution in [0.5, 0.6) is 0 Å². The molecule has 13 heavy (non-hydrogen) atoms. The third-order valence-corrected chi connectivity index (χ3v) is 2.56. The Kier molecular flexibility index (Phi) is 8.70. The molecule has 0 aromatic carbocycles. The molecule has 76 valence electrons. The van der Waals surface area contributed by atoms with E-state index in [2.05, 4.69) is 40.7 Å². The first kappa shape index (κ1) is 19.0. The van der Waals surface area contributed by atoms with E-state index in [9.17, 15) is 0 Å². The standard InChI is InChI=1S/C10H15.2CH3.Hf/c1-7-6-10(4,5)9(3)8(7)2;;;/h1-5H3;2*1H3;/q3*-1;. The number of allylic oxidation sites excluding steroid dienone is 4. The maximum Gasteiger partial charge on any atom is 0 e. The first-order valence-electron chi connectivity index (χ1n) is 3.75. The summed E-state index contributed by atoms with van der Waals surface area (Å²) < 4.78 is 0. The third-order valence-electron chi connectivity index (χ3n) is 2.56. The Morgan fingerprint density at radius 3 is 1.46 bits per heavy atom. The molecular formula is C12H21Hf-3. The largest absolute Gasteiger partial charge is 0.358 e. The van der Waals surface area contributed by atoms with Crippen LogP contribution in [-0.4, -0.2) is 0 Å². The fourth-order valence-corrected chi connectivity index (χ4v) is 1.41. The average molecular weight is 344 g/mol. The van der Waals surface area contributed by atoms with Crippen molar-refractivity contribution in [2.45, 2.75) is 34.6 Å². The van der Waals surface area contributed by atoms with Gasteiger partial charge in [-0.25, -0.2) is 5.57 Å². The summed E-state index contributed by atoms with van der Waals surface area (Å²) in [6.45, 7) is 10.9. The zero-order chi connectivity index (χ0) is 7.94. The van der Waals surface area contributed by atoms with Crippen molar-refractivity contribution < 1.29 is 25.8 Å². The van der Waals surface area contributed by atoms with Gasteiger partial charge < -0.3 is 14.9 Å². The monoisotopic (exact) mass is 345 g/mol. The van der Waals surface area contributed by atoms with Crippen LogP contribution < -0.4 is 0 Å². The van der Waals surface area contributed by atoms with E-state index < -0.39 is 0 Å². The van der Waals surface area contributed by atoms with Crippen molar-refractivity contribution in [3.8, 4) is 0 Å². The predicted molar refractivity (Wildman–Crippen MR) is 57.4 cm³/mol. The Morgan fingerprint density at radius 2 is 1.38 bits per heavy atom. The normalized spacial score (nSPS) is 18.1. The van der Waals surface area contributed by atoms with E-state index in [0.29, 0.717) is 0 Å². The van der Waals surface area contributed by atoms with Gasteiger partial charge >= 0.3 is 0 Å². The summed E-state index contributed by atoms with van der Waals surface area (Å²) in [5.74, 6) is 0. The molecular weight excluding hydrogens is 323 g/mol. The van der Waals surface area contributed by atoms with Crippen LogP contribution in [0.3, 0.4) is 0 Å². The van der Waals surface area contributed by atoms with Gasteiger partial charge in [-0.15, -0.1) is 6.92 Å². The second kappa shape index (κ2) is 5.95. The van der Waals surface area contributed by atoms with Gasteiger partial charge in [0.15, 0.2) is 0 Å². The van der Waals surface area contributed by atoms with Crippen molar-refractivity contribution in [3.63, 3.8) is 0 Å². The summed E-state index contributed by atoms with van der Waals surface area (Å²) in [7, 11) is 0. The maximum atomic E-state index is 3.44. The Labute approximate surface area is 103 Å². The molecule has 0 aromatic rings. The van der Waals surface area contributed by atoms with E-state index in [1.165, 1.54) is 16.7 Å². The van der Waals surface area contributed by atoms with Crippen LogP contribution in [0.4, 0.5) is 0 Å². The Morgan fingerprint density at radius 1 is 1.00 bits per heavy atom. The molecule has 0 aliphatic heterocycles. The van der Waals surface area contributed by atoms with E-state index in [1.54, 1.807) is 0 Å². The maximum absolute atomic E-state index is 3.44. The second-order valence-electron chi connectivity index (χ2n) is 3.62. The van der Waals surface area contributed by atoms with Gasteiger partial charge in [-0.1, -0.05) is 33.1 Å². The van der Waals surface area contributed by atoms with Crippen molar-refractivity contribution in [2.75, 3.05) is 0 Å². The van der Waals surface area contributed by atoms with E-state index in [1.807, 2.05) is 0 Å². The molecule has 0 nitrogen and oxygen atoms in total. The molecule has 0 aromatic heterocycles. The Bertz CT molecular complexity index is 219. The summed E-state index contributed by atoms with van der Waals surface area (Å²) in [6.07, 6.45) is 3.44. The van der Waals surface area contributed by atoms with Crippen LogP contribution in [-0.2, 0) is 25.8 Å². The predicted octanol–water partition coefficient (Wildman–Crippen LogP) is 4.01. The molecule has 0 fully saturated rings. The third kappa shape index (κ3) is 3.53. The van der Waals surface area contributed by atoms with Crippen molar-refractivity contribution in [1.29, 1.82) is 0 Å². The molecule has 0 spiro atoms. The number of hydrogen-bond acceptors (Lipinski definition) is 0. The summed E-state index contributed by atoms with van der Waals surface area (Å²) in [5.41, 5.74) is 4.39. The molecule has 1 aliphatic carbocycles. The molecule has 1 aliphatic rings. The molecule has 0 bridgehead atoms. The van der Waals surface area contributed by atoms with Crippen molar-refractivity contribution in [1.82, 2.24) is 0 Å². The second-order valence-corrected chi connectivity index (χ2v) is 3.62. The van der Waals surface area contributed by atoms with Crippen molar-refractivity contribution >= 4 is 0 Å². The van der Waals surface area contributed by atoms with Gasteiger partial charge in [0.2, 0.25) is 0 Å². The fraction of sp³-hybridized carbons (Fsp3) is 0.500. The molecule has 0 N–H and O–H groups in total. The summed E-state index contributed by atoms with van der Waals surface area (Å²) >= 11 is 0. The van der Waals surface area contributed by atoms with E-state index in [-0.39, 0.29) is 46.1 Å². The number of hydrogen-bond donors (Lipinski definition) is 0. The van der Waals surface area contributed by atoms with Crippen LogP contribution >= 0.6 is 0 Å². The summed E-state index contributed by atoms with van der Waals surface area (Å²) in [6, 6.07) is 0. The zero-order valence-electron chi connectivity index (χ0n) is 10.0. The molecule has 0 amide bonds. The molecule has 0 atom stereocenters. The topological polar surface area (TPSA) is 0 Å². The molecule has 0 saturated carbocycles. The van der Waals surface area contributed by atoms with Crippen LogP contribution in [0.1, 0.15) is 34.6 Å². The number of rotatable bonds is 0. The first-order valence-corrected chi connectivity index (χ1v) is 3.75.